The Morgan fingerprint density at radius 2 is 2.19 bits per heavy atom. The number of hydrogen-bond acceptors (Lipinski definition) is 2. The van der Waals surface area contributed by atoms with Crippen molar-refractivity contribution in [2.24, 2.45) is 0 Å². The fraction of sp³-hybridized carbons (Fsp3) is 0.455. The lowest BCUT2D eigenvalue weighted by atomic mass is 10.2. The Balaban J connectivity index is 2.27. The van der Waals surface area contributed by atoms with Gasteiger partial charge in [-0.3, -0.25) is 4.79 Å². The van der Waals surface area contributed by atoms with Crippen molar-refractivity contribution in [3.63, 3.8) is 0 Å². The summed E-state index contributed by atoms with van der Waals surface area (Å²) < 4.78 is 12.5. The van der Waals surface area contributed by atoms with Crippen LogP contribution in [0.4, 0.5) is 4.39 Å². The first-order valence-electron chi connectivity index (χ1n) is 5.20. The van der Waals surface area contributed by atoms with Crippen molar-refractivity contribution in [1.82, 2.24) is 10.3 Å². The molecule has 1 aromatic heterocycles. The smallest absolute Gasteiger partial charge is 0.269 e. The number of pyridine rings is 1. The van der Waals surface area contributed by atoms with Gasteiger partial charge in [-0.2, -0.15) is 0 Å². The third-order valence-corrected chi connectivity index (χ3v) is 2.32. The quantitative estimate of drug-likeness (QED) is 0.617. The lowest BCUT2D eigenvalue weighted by Gasteiger charge is -2.03. The molecule has 5 heteroatoms. The first-order valence-corrected chi connectivity index (χ1v) is 5.73. The van der Waals surface area contributed by atoms with Crippen LogP contribution in [-0.2, 0) is 0 Å². The SMILES string of the molecule is O=C(NCCCCCCl)c1ccc(F)cn1. The van der Waals surface area contributed by atoms with Crippen molar-refractivity contribution in [2.75, 3.05) is 12.4 Å². The zero-order chi connectivity index (χ0) is 11.8. The molecular weight excluding hydrogens is 231 g/mol. The fourth-order valence-electron chi connectivity index (χ4n) is 1.20. The van der Waals surface area contributed by atoms with Gasteiger partial charge in [0.2, 0.25) is 0 Å². The molecule has 0 aliphatic rings. The van der Waals surface area contributed by atoms with E-state index < -0.39 is 5.82 Å². The molecule has 1 aromatic rings. The maximum atomic E-state index is 12.5. The van der Waals surface area contributed by atoms with E-state index in [1.165, 1.54) is 12.1 Å². The number of nitrogens with zero attached hydrogens (tertiary/aromatic N) is 1. The molecule has 88 valence electrons. The molecule has 0 aliphatic carbocycles. The third-order valence-electron chi connectivity index (χ3n) is 2.06. The van der Waals surface area contributed by atoms with Crippen molar-refractivity contribution < 1.29 is 9.18 Å². The molecular formula is C11H14ClFN2O. The second kappa shape index (κ2) is 7.17. The molecule has 0 aliphatic heterocycles. The van der Waals surface area contributed by atoms with Crippen molar-refractivity contribution in [1.29, 1.82) is 0 Å². The van der Waals surface area contributed by atoms with Crippen molar-refractivity contribution in [3.05, 3.63) is 29.8 Å². The molecule has 0 saturated carbocycles. The van der Waals surface area contributed by atoms with Gasteiger partial charge in [-0.15, -0.1) is 11.6 Å². The number of aromatic nitrogens is 1. The monoisotopic (exact) mass is 244 g/mol. The topological polar surface area (TPSA) is 42.0 Å². The summed E-state index contributed by atoms with van der Waals surface area (Å²) in [5.74, 6) is -0.0717. The summed E-state index contributed by atoms with van der Waals surface area (Å²) >= 11 is 5.52. The maximum Gasteiger partial charge on any atom is 0.269 e. The van der Waals surface area contributed by atoms with E-state index in [9.17, 15) is 9.18 Å². The summed E-state index contributed by atoms with van der Waals surface area (Å²) in [6.07, 6.45) is 3.86. The van der Waals surface area contributed by atoms with E-state index in [-0.39, 0.29) is 11.6 Å². The molecule has 0 saturated heterocycles. The first-order chi connectivity index (χ1) is 7.74. The Labute approximate surface area is 99.0 Å². The number of nitrogens with one attached hydrogen (secondary N) is 1. The highest BCUT2D eigenvalue weighted by Gasteiger charge is 2.05. The van der Waals surface area contributed by atoms with Crippen LogP contribution in [0.1, 0.15) is 29.8 Å². The van der Waals surface area contributed by atoms with Crippen LogP contribution in [0.15, 0.2) is 18.3 Å². The molecule has 0 unspecified atom stereocenters. The van der Waals surface area contributed by atoms with Gasteiger partial charge in [-0.1, -0.05) is 6.42 Å². The molecule has 1 rings (SSSR count). The minimum Gasteiger partial charge on any atom is -0.351 e. The highest BCUT2D eigenvalue weighted by atomic mass is 35.5. The highest BCUT2D eigenvalue weighted by Crippen LogP contribution is 1.99. The zero-order valence-corrected chi connectivity index (χ0v) is 9.63. The van der Waals surface area contributed by atoms with Gasteiger partial charge >= 0.3 is 0 Å². The van der Waals surface area contributed by atoms with Crippen LogP contribution in [-0.4, -0.2) is 23.3 Å². The average Bonchev–Trinajstić information content (AvgIpc) is 2.29. The molecule has 0 bridgehead atoms. The van der Waals surface area contributed by atoms with Gasteiger partial charge in [0.05, 0.1) is 6.20 Å². The van der Waals surface area contributed by atoms with Crippen LogP contribution < -0.4 is 5.32 Å². The van der Waals surface area contributed by atoms with Crippen molar-refractivity contribution in [2.45, 2.75) is 19.3 Å². The van der Waals surface area contributed by atoms with E-state index in [1.807, 2.05) is 0 Å². The van der Waals surface area contributed by atoms with Crippen LogP contribution in [0.2, 0.25) is 0 Å². The van der Waals surface area contributed by atoms with Crippen LogP contribution in [0.3, 0.4) is 0 Å². The van der Waals surface area contributed by atoms with Gasteiger partial charge in [0.15, 0.2) is 0 Å². The number of unbranched alkanes of at least 4 members (excludes halogenated alkanes) is 2. The Hall–Kier alpha value is -1.16. The molecule has 0 aromatic carbocycles. The maximum absolute atomic E-state index is 12.5. The number of rotatable bonds is 6. The van der Waals surface area contributed by atoms with Crippen molar-refractivity contribution >= 4 is 17.5 Å². The predicted molar refractivity (Wildman–Crippen MR) is 61.1 cm³/mol. The number of carbonyl (C=O) groups is 1. The highest BCUT2D eigenvalue weighted by molar-refractivity contribution is 6.17. The number of halogens is 2. The zero-order valence-electron chi connectivity index (χ0n) is 8.88. The van der Waals surface area contributed by atoms with Gasteiger partial charge in [0, 0.05) is 12.4 Å². The number of amides is 1. The Bertz CT molecular complexity index is 329. The average molecular weight is 245 g/mol. The summed E-state index contributed by atoms with van der Waals surface area (Å²) in [4.78, 5) is 15.2. The van der Waals surface area contributed by atoms with Crippen molar-refractivity contribution in [3.8, 4) is 0 Å². The molecule has 3 nitrogen and oxygen atoms in total. The summed E-state index contributed by atoms with van der Waals surface area (Å²) in [6.45, 7) is 0.592. The second-order valence-corrected chi connectivity index (χ2v) is 3.75. The van der Waals surface area contributed by atoms with Crippen LogP contribution in [0.25, 0.3) is 0 Å². The van der Waals surface area contributed by atoms with E-state index in [2.05, 4.69) is 10.3 Å². The standard InChI is InChI=1S/C11H14ClFN2O/c12-6-2-1-3-7-14-11(16)10-5-4-9(13)8-15-10/h4-5,8H,1-3,6-7H2,(H,14,16). The minimum atomic E-state index is -0.446. The molecule has 1 amide bonds. The number of carbonyl (C=O) groups excluding carboxylic acids is 1. The largest absolute Gasteiger partial charge is 0.351 e. The Morgan fingerprint density at radius 3 is 2.81 bits per heavy atom. The summed E-state index contributed by atoms with van der Waals surface area (Å²) in [6, 6.07) is 2.58. The van der Waals surface area contributed by atoms with Crippen LogP contribution >= 0.6 is 11.6 Å². The van der Waals surface area contributed by atoms with Gasteiger partial charge in [0.25, 0.3) is 5.91 Å². The number of alkyl halides is 1. The van der Waals surface area contributed by atoms with E-state index in [0.717, 1.165) is 25.5 Å². The van der Waals surface area contributed by atoms with Crippen LogP contribution in [0, 0.1) is 5.82 Å². The Morgan fingerprint density at radius 1 is 1.38 bits per heavy atom. The molecule has 0 radical (unpaired) electrons. The minimum absolute atomic E-state index is 0.235. The van der Waals surface area contributed by atoms with E-state index >= 15 is 0 Å². The molecule has 1 N–H and O–H groups in total. The van der Waals surface area contributed by atoms with Gasteiger partial charge in [-0.05, 0) is 25.0 Å². The molecule has 0 fully saturated rings. The van der Waals surface area contributed by atoms with E-state index in [0.29, 0.717) is 12.4 Å². The molecule has 0 spiro atoms. The molecule has 1 heterocycles. The van der Waals surface area contributed by atoms with E-state index in [1.54, 1.807) is 0 Å². The molecule has 0 atom stereocenters. The second-order valence-electron chi connectivity index (χ2n) is 3.37. The lowest BCUT2D eigenvalue weighted by molar-refractivity contribution is 0.0948. The third kappa shape index (κ3) is 4.57. The van der Waals surface area contributed by atoms with Gasteiger partial charge in [-0.25, -0.2) is 9.37 Å². The van der Waals surface area contributed by atoms with Gasteiger partial charge in [0.1, 0.15) is 11.5 Å². The van der Waals surface area contributed by atoms with Gasteiger partial charge < -0.3 is 5.32 Å². The van der Waals surface area contributed by atoms with Crippen LogP contribution in [0.5, 0.6) is 0 Å². The normalized spacial score (nSPS) is 10.1. The summed E-state index contributed by atoms with van der Waals surface area (Å²) in [7, 11) is 0. The Kier molecular flexibility index (Phi) is 5.78. The number of hydrogen-bond donors (Lipinski definition) is 1. The summed E-state index contributed by atoms with van der Waals surface area (Å²) in [5.41, 5.74) is 0.235. The van der Waals surface area contributed by atoms with E-state index in [4.69, 9.17) is 11.6 Å². The fourth-order valence-corrected chi connectivity index (χ4v) is 1.39. The first kappa shape index (κ1) is 12.9. The summed E-state index contributed by atoms with van der Waals surface area (Å²) in [5, 5.41) is 2.71. The lowest BCUT2D eigenvalue weighted by Crippen LogP contribution is -2.25. The molecule has 16 heavy (non-hydrogen) atoms. The predicted octanol–water partition coefficient (Wildman–Crippen LogP) is 2.36.